The van der Waals surface area contributed by atoms with Crippen LogP contribution in [0.3, 0.4) is 0 Å². The van der Waals surface area contributed by atoms with Gasteiger partial charge in [-0.1, -0.05) is 12.8 Å². The van der Waals surface area contributed by atoms with Crippen molar-refractivity contribution in [2.24, 2.45) is 10.9 Å². The molecule has 6 nitrogen and oxygen atoms in total. The molecule has 0 amide bonds. The number of hydrogen-bond acceptors (Lipinski definition) is 4. The van der Waals surface area contributed by atoms with Gasteiger partial charge in [-0.2, -0.15) is 0 Å². The van der Waals surface area contributed by atoms with Crippen molar-refractivity contribution in [3.05, 3.63) is 0 Å². The van der Waals surface area contributed by atoms with E-state index in [2.05, 4.69) is 15.5 Å². The molecule has 0 bridgehead atoms. The molecule has 142 valence electrons. The Hall–Kier alpha value is -0.820. The third kappa shape index (κ3) is 4.88. The maximum absolute atomic E-state index is 11.7. The van der Waals surface area contributed by atoms with E-state index in [0.717, 1.165) is 25.0 Å². The molecule has 0 spiro atoms. The van der Waals surface area contributed by atoms with Crippen molar-refractivity contribution in [1.29, 1.82) is 0 Å². The average molecular weight is 369 g/mol. The van der Waals surface area contributed by atoms with Gasteiger partial charge in [0.2, 0.25) is 0 Å². The first-order chi connectivity index (χ1) is 12.1. The molecule has 2 saturated carbocycles. The molecule has 0 aromatic rings. The number of rotatable bonds is 5. The molecule has 4 fully saturated rings. The van der Waals surface area contributed by atoms with Gasteiger partial charge in [-0.15, -0.1) is 0 Å². The molecule has 0 aromatic carbocycles. The molecule has 2 aliphatic heterocycles. The van der Waals surface area contributed by atoms with Gasteiger partial charge in [-0.3, -0.25) is 9.89 Å². The van der Waals surface area contributed by atoms with Crippen molar-refractivity contribution in [2.45, 2.75) is 69.5 Å². The summed E-state index contributed by atoms with van der Waals surface area (Å²) in [6.45, 7) is 2.94. The third-order valence-electron chi connectivity index (χ3n) is 6.15. The van der Waals surface area contributed by atoms with E-state index in [4.69, 9.17) is 4.99 Å². The van der Waals surface area contributed by atoms with Crippen LogP contribution in [0, 0.1) is 5.92 Å². The molecular weight excluding hydrogens is 336 g/mol. The lowest BCUT2D eigenvalue weighted by molar-refractivity contribution is 0.321. The maximum atomic E-state index is 11.7. The van der Waals surface area contributed by atoms with E-state index in [0.29, 0.717) is 30.1 Å². The zero-order valence-corrected chi connectivity index (χ0v) is 15.9. The molecule has 2 aliphatic carbocycles. The number of hydrogen-bond donors (Lipinski definition) is 2. The summed E-state index contributed by atoms with van der Waals surface area (Å²) in [6.07, 6.45) is 9.71. The molecule has 2 unspecified atom stereocenters. The first-order valence-corrected chi connectivity index (χ1v) is 11.9. The first kappa shape index (κ1) is 17.6. The SMILES string of the molecule is O=S1(=O)CCC(CN=C(NC2CCCC2)NC2CCN(C3CC3)C2)C1. The van der Waals surface area contributed by atoms with E-state index < -0.39 is 9.84 Å². The van der Waals surface area contributed by atoms with Crippen molar-refractivity contribution in [3.8, 4) is 0 Å². The highest BCUT2D eigenvalue weighted by Crippen LogP contribution is 2.29. The van der Waals surface area contributed by atoms with Crippen molar-refractivity contribution < 1.29 is 8.42 Å². The highest BCUT2D eigenvalue weighted by atomic mass is 32.2. The number of guanidine groups is 1. The summed E-state index contributed by atoms with van der Waals surface area (Å²) < 4.78 is 23.3. The first-order valence-electron chi connectivity index (χ1n) is 10.1. The van der Waals surface area contributed by atoms with E-state index in [9.17, 15) is 8.42 Å². The number of nitrogens with one attached hydrogen (secondary N) is 2. The normalized spacial score (nSPS) is 33.8. The van der Waals surface area contributed by atoms with Crippen molar-refractivity contribution in [3.63, 3.8) is 0 Å². The minimum Gasteiger partial charge on any atom is -0.354 e. The van der Waals surface area contributed by atoms with E-state index in [1.807, 2.05) is 0 Å². The Balaban J connectivity index is 1.34. The van der Waals surface area contributed by atoms with Gasteiger partial charge in [0.1, 0.15) is 0 Å². The fourth-order valence-corrected chi connectivity index (χ4v) is 6.35. The summed E-state index contributed by atoms with van der Waals surface area (Å²) in [7, 11) is -2.81. The lowest BCUT2D eigenvalue weighted by Crippen LogP contribution is -2.48. The van der Waals surface area contributed by atoms with E-state index >= 15 is 0 Å². The highest BCUT2D eigenvalue weighted by molar-refractivity contribution is 7.91. The largest absolute Gasteiger partial charge is 0.354 e. The molecule has 25 heavy (non-hydrogen) atoms. The summed E-state index contributed by atoms with van der Waals surface area (Å²) in [5, 5.41) is 7.27. The second-order valence-electron chi connectivity index (χ2n) is 8.44. The summed E-state index contributed by atoms with van der Waals surface area (Å²) >= 11 is 0. The smallest absolute Gasteiger partial charge is 0.191 e. The molecule has 2 N–H and O–H groups in total. The monoisotopic (exact) mass is 368 g/mol. The van der Waals surface area contributed by atoms with Crippen LogP contribution in [0.25, 0.3) is 0 Å². The lowest BCUT2D eigenvalue weighted by Gasteiger charge is -2.22. The zero-order chi connectivity index (χ0) is 17.3. The van der Waals surface area contributed by atoms with Gasteiger partial charge in [-0.25, -0.2) is 8.42 Å². The Morgan fingerprint density at radius 2 is 1.76 bits per heavy atom. The molecule has 2 atom stereocenters. The van der Waals surface area contributed by atoms with Gasteiger partial charge >= 0.3 is 0 Å². The zero-order valence-electron chi connectivity index (χ0n) is 15.1. The molecule has 2 heterocycles. The predicted molar refractivity (Wildman–Crippen MR) is 101 cm³/mol. The molecule has 4 aliphatic rings. The minimum atomic E-state index is -2.81. The lowest BCUT2D eigenvalue weighted by atomic mass is 10.1. The van der Waals surface area contributed by atoms with Crippen LogP contribution in [0.4, 0.5) is 0 Å². The Bertz CT molecular complexity index is 596. The van der Waals surface area contributed by atoms with Crippen molar-refractivity contribution >= 4 is 15.8 Å². The number of sulfone groups is 1. The molecule has 7 heteroatoms. The Morgan fingerprint density at radius 3 is 2.44 bits per heavy atom. The van der Waals surface area contributed by atoms with Crippen LogP contribution in [0.1, 0.15) is 51.4 Å². The van der Waals surface area contributed by atoms with Crippen LogP contribution in [0.15, 0.2) is 4.99 Å². The van der Waals surface area contributed by atoms with Crippen molar-refractivity contribution in [1.82, 2.24) is 15.5 Å². The summed E-state index contributed by atoms with van der Waals surface area (Å²) in [6, 6.07) is 1.83. The molecule has 0 radical (unpaired) electrons. The van der Waals surface area contributed by atoms with Crippen LogP contribution in [0.5, 0.6) is 0 Å². The average Bonchev–Trinajstić information content (AvgIpc) is 2.96. The van der Waals surface area contributed by atoms with Crippen LogP contribution in [-0.2, 0) is 9.84 Å². The predicted octanol–water partition coefficient (Wildman–Crippen LogP) is 1.14. The van der Waals surface area contributed by atoms with Gasteiger partial charge in [0.25, 0.3) is 0 Å². The van der Waals surface area contributed by atoms with Crippen LogP contribution in [-0.4, -0.2) is 68.5 Å². The quantitative estimate of drug-likeness (QED) is 0.562. The molecule has 2 saturated heterocycles. The Kier molecular flexibility index (Phi) is 5.23. The summed E-state index contributed by atoms with van der Waals surface area (Å²) in [5.41, 5.74) is 0. The second kappa shape index (κ2) is 7.43. The summed E-state index contributed by atoms with van der Waals surface area (Å²) in [5.74, 6) is 1.76. The van der Waals surface area contributed by atoms with Gasteiger partial charge < -0.3 is 10.6 Å². The second-order valence-corrected chi connectivity index (χ2v) is 10.7. The Labute approximate surface area is 151 Å². The highest BCUT2D eigenvalue weighted by Gasteiger charge is 2.35. The number of nitrogens with zero attached hydrogens (tertiary/aromatic N) is 2. The van der Waals surface area contributed by atoms with Crippen molar-refractivity contribution in [2.75, 3.05) is 31.1 Å². The number of likely N-dealkylation sites (tertiary alicyclic amines) is 1. The topological polar surface area (TPSA) is 73.8 Å². The van der Waals surface area contributed by atoms with Crippen LogP contribution >= 0.6 is 0 Å². The Morgan fingerprint density at radius 1 is 1.00 bits per heavy atom. The fourth-order valence-electron chi connectivity index (χ4n) is 4.50. The minimum absolute atomic E-state index is 0.193. The summed E-state index contributed by atoms with van der Waals surface area (Å²) in [4.78, 5) is 7.40. The fraction of sp³-hybridized carbons (Fsp3) is 0.944. The van der Waals surface area contributed by atoms with Crippen LogP contribution in [0.2, 0.25) is 0 Å². The number of aliphatic imine (C=N–C) groups is 1. The standard InChI is InChI=1S/C18H32N4O2S/c23-25(24)10-8-14(13-25)11-19-18(20-15-3-1-2-4-15)21-16-7-9-22(12-16)17-5-6-17/h14-17H,1-13H2,(H2,19,20,21). The third-order valence-corrected chi connectivity index (χ3v) is 7.99. The molecular formula is C18H32N4O2S. The van der Waals surface area contributed by atoms with E-state index in [1.54, 1.807) is 0 Å². The van der Waals surface area contributed by atoms with Gasteiger partial charge in [0.05, 0.1) is 11.5 Å². The van der Waals surface area contributed by atoms with E-state index in [-0.39, 0.29) is 5.92 Å². The van der Waals surface area contributed by atoms with E-state index in [1.165, 1.54) is 51.5 Å². The molecule has 0 aromatic heterocycles. The van der Waals surface area contributed by atoms with Gasteiger partial charge in [0, 0.05) is 37.8 Å². The maximum Gasteiger partial charge on any atom is 0.191 e. The van der Waals surface area contributed by atoms with Crippen LogP contribution < -0.4 is 10.6 Å². The van der Waals surface area contributed by atoms with Gasteiger partial charge in [0.15, 0.2) is 15.8 Å². The molecule has 4 rings (SSSR count). The van der Waals surface area contributed by atoms with Gasteiger partial charge in [-0.05, 0) is 44.4 Å².